The molecule has 0 aliphatic heterocycles. The molecule has 1 heterocycles. The van der Waals surface area contributed by atoms with Gasteiger partial charge in [-0.15, -0.1) is 0 Å². The minimum Gasteiger partial charge on any atom is -0.483 e. The Balaban J connectivity index is 2.17. The van der Waals surface area contributed by atoms with Gasteiger partial charge in [0.1, 0.15) is 17.9 Å². The van der Waals surface area contributed by atoms with Crippen LogP contribution in [0.4, 0.5) is 0 Å². The Hall–Kier alpha value is -1.27. The molecular weight excluding hydrogens is 368 g/mol. The maximum absolute atomic E-state index is 10.9. The molecule has 0 atom stereocenters. The van der Waals surface area contributed by atoms with Gasteiger partial charge in [0.15, 0.2) is 5.76 Å². The third-order valence-electron chi connectivity index (χ3n) is 2.24. The van der Waals surface area contributed by atoms with Crippen LogP contribution >= 0.6 is 31.9 Å². The van der Waals surface area contributed by atoms with E-state index in [1.165, 1.54) is 12.3 Å². The number of hydrogen-bond acceptors (Lipinski definition) is 3. The van der Waals surface area contributed by atoms with E-state index in [0.29, 0.717) is 5.75 Å². The van der Waals surface area contributed by atoms with E-state index in [4.69, 9.17) is 14.3 Å². The highest BCUT2D eigenvalue weighted by molar-refractivity contribution is 9.11. The van der Waals surface area contributed by atoms with Crippen molar-refractivity contribution in [1.82, 2.24) is 0 Å². The number of furan rings is 1. The molecule has 2 aromatic rings. The molecule has 0 spiro atoms. The Kier molecular flexibility index (Phi) is 4.08. The van der Waals surface area contributed by atoms with Crippen LogP contribution < -0.4 is 4.74 Å². The van der Waals surface area contributed by atoms with Gasteiger partial charge >= 0.3 is 5.97 Å². The van der Waals surface area contributed by atoms with Crippen LogP contribution in [0, 0.1) is 0 Å². The lowest BCUT2D eigenvalue weighted by Crippen LogP contribution is -2.03. The summed E-state index contributed by atoms with van der Waals surface area (Å²) in [6.07, 6.45) is 1.33. The van der Waals surface area contributed by atoms with Crippen molar-refractivity contribution >= 4 is 37.8 Å². The first-order valence-corrected chi connectivity index (χ1v) is 6.54. The lowest BCUT2D eigenvalue weighted by Gasteiger charge is -2.09. The Morgan fingerprint density at radius 2 is 1.94 bits per heavy atom. The number of carbonyl (C=O) groups is 1. The van der Waals surface area contributed by atoms with E-state index in [-0.39, 0.29) is 17.9 Å². The van der Waals surface area contributed by atoms with E-state index >= 15 is 0 Å². The summed E-state index contributed by atoms with van der Waals surface area (Å²) in [5.74, 6) is -0.149. The van der Waals surface area contributed by atoms with Gasteiger partial charge in [0.05, 0.1) is 15.2 Å². The molecule has 1 aromatic carbocycles. The van der Waals surface area contributed by atoms with Crippen molar-refractivity contribution in [3.63, 3.8) is 0 Å². The summed E-state index contributed by atoms with van der Waals surface area (Å²) in [6, 6.07) is 6.92. The van der Waals surface area contributed by atoms with Gasteiger partial charge in [0.25, 0.3) is 0 Å². The zero-order chi connectivity index (χ0) is 13.1. The number of halogens is 2. The van der Waals surface area contributed by atoms with Crippen LogP contribution in [0.3, 0.4) is 0 Å². The van der Waals surface area contributed by atoms with Gasteiger partial charge in [0, 0.05) is 0 Å². The lowest BCUT2D eigenvalue weighted by atomic mass is 10.2. The SMILES string of the molecule is O=C(O)c1ccoc1COc1c(Br)cccc1Br. The molecule has 0 fully saturated rings. The Bertz CT molecular complexity index is 557. The van der Waals surface area contributed by atoms with E-state index in [9.17, 15) is 4.79 Å². The molecule has 4 nitrogen and oxygen atoms in total. The second-order valence-electron chi connectivity index (χ2n) is 3.40. The summed E-state index contributed by atoms with van der Waals surface area (Å²) >= 11 is 6.71. The molecule has 0 aliphatic rings. The van der Waals surface area contributed by atoms with E-state index in [1.54, 1.807) is 0 Å². The highest BCUT2D eigenvalue weighted by Gasteiger charge is 2.15. The molecule has 1 N–H and O–H groups in total. The number of carboxylic acids is 1. The quantitative estimate of drug-likeness (QED) is 0.874. The Morgan fingerprint density at radius 3 is 2.56 bits per heavy atom. The van der Waals surface area contributed by atoms with Crippen LogP contribution in [-0.2, 0) is 6.61 Å². The molecular formula is C12H8Br2O4. The number of para-hydroxylation sites is 1. The molecule has 0 radical (unpaired) electrons. The smallest absolute Gasteiger partial charge is 0.339 e. The standard InChI is InChI=1S/C12H8Br2O4/c13-8-2-1-3-9(14)11(8)18-6-10-7(12(15)16)4-5-17-10/h1-5H,6H2,(H,15,16). The molecule has 2 rings (SSSR count). The van der Waals surface area contributed by atoms with Gasteiger partial charge in [0.2, 0.25) is 0 Å². The van der Waals surface area contributed by atoms with Crippen molar-refractivity contribution in [3.05, 3.63) is 50.8 Å². The largest absolute Gasteiger partial charge is 0.483 e. The van der Waals surface area contributed by atoms with Crippen molar-refractivity contribution in [2.45, 2.75) is 6.61 Å². The van der Waals surface area contributed by atoms with Crippen LogP contribution in [-0.4, -0.2) is 11.1 Å². The summed E-state index contributed by atoms with van der Waals surface area (Å²) in [6.45, 7) is 0.0514. The fraction of sp³-hybridized carbons (Fsp3) is 0.0833. The van der Waals surface area contributed by atoms with Gasteiger partial charge in [-0.05, 0) is 50.1 Å². The first-order valence-electron chi connectivity index (χ1n) is 4.96. The minimum atomic E-state index is -1.03. The van der Waals surface area contributed by atoms with Gasteiger partial charge in [-0.25, -0.2) is 4.79 Å². The molecule has 0 amide bonds. The van der Waals surface area contributed by atoms with E-state index in [0.717, 1.165) is 8.95 Å². The maximum Gasteiger partial charge on any atom is 0.339 e. The van der Waals surface area contributed by atoms with Crippen molar-refractivity contribution < 1.29 is 19.1 Å². The van der Waals surface area contributed by atoms with Gasteiger partial charge in [-0.1, -0.05) is 6.07 Å². The maximum atomic E-state index is 10.9. The van der Waals surface area contributed by atoms with Crippen molar-refractivity contribution in [1.29, 1.82) is 0 Å². The molecule has 0 aliphatic carbocycles. The van der Waals surface area contributed by atoms with Crippen LogP contribution in [0.5, 0.6) is 5.75 Å². The fourth-order valence-corrected chi connectivity index (χ4v) is 2.63. The zero-order valence-corrected chi connectivity index (χ0v) is 12.2. The molecule has 6 heteroatoms. The van der Waals surface area contributed by atoms with Crippen LogP contribution in [0.15, 0.2) is 43.9 Å². The topological polar surface area (TPSA) is 59.7 Å². The number of ether oxygens (including phenoxy) is 1. The highest BCUT2D eigenvalue weighted by atomic mass is 79.9. The molecule has 1 aromatic heterocycles. The number of benzene rings is 1. The van der Waals surface area contributed by atoms with Crippen molar-refractivity contribution in [2.75, 3.05) is 0 Å². The first kappa shape index (κ1) is 13.2. The van der Waals surface area contributed by atoms with Gasteiger partial charge in [-0.2, -0.15) is 0 Å². The number of aromatic carboxylic acids is 1. The van der Waals surface area contributed by atoms with Crippen molar-refractivity contribution in [2.24, 2.45) is 0 Å². The lowest BCUT2D eigenvalue weighted by molar-refractivity contribution is 0.0692. The summed E-state index contributed by atoms with van der Waals surface area (Å²) in [4.78, 5) is 10.9. The minimum absolute atomic E-state index is 0.0514. The Morgan fingerprint density at radius 1 is 1.28 bits per heavy atom. The summed E-state index contributed by atoms with van der Waals surface area (Å²) in [5, 5.41) is 8.93. The van der Waals surface area contributed by atoms with E-state index in [1.807, 2.05) is 18.2 Å². The van der Waals surface area contributed by atoms with Crippen molar-refractivity contribution in [3.8, 4) is 5.75 Å². The third kappa shape index (κ3) is 2.76. The van der Waals surface area contributed by atoms with E-state index < -0.39 is 5.97 Å². The van der Waals surface area contributed by atoms with E-state index in [2.05, 4.69) is 31.9 Å². The normalized spacial score (nSPS) is 10.3. The number of carboxylic acid groups (broad SMARTS) is 1. The molecule has 0 unspecified atom stereocenters. The average Bonchev–Trinajstić information content (AvgIpc) is 2.76. The highest BCUT2D eigenvalue weighted by Crippen LogP contribution is 2.33. The van der Waals surface area contributed by atoms with Gasteiger partial charge in [-0.3, -0.25) is 0 Å². The Labute approximate surface area is 120 Å². The predicted octanol–water partition coefficient (Wildman–Crippen LogP) is 4.08. The first-order chi connectivity index (χ1) is 8.59. The number of rotatable bonds is 4. The molecule has 0 saturated carbocycles. The van der Waals surface area contributed by atoms with Gasteiger partial charge < -0.3 is 14.3 Å². The van der Waals surface area contributed by atoms with Crippen LogP contribution in [0.2, 0.25) is 0 Å². The molecule has 94 valence electrons. The average molecular weight is 376 g/mol. The fourth-order valence-electron chi connectivity index (χ4n) is 1.40. The molecule has 0 saturated heterocycles. The molecule has 18 heavy (non-hydrogen) atoms. The van der Waals surface area contributed by atoms with Crippen LogP contribution in [0.25, 0.3) is 0 Å². The summed E-state index contributed by atoms with van der Waals surface area (Å²) in [7, 11) is 0. The predicted molar refractivity (Wildman–Crippen MR) is 71.8 cm³/mol. The van der Waals surface area contributed by atoms with Crippen LogP contribution in [0.1, 0.15) is 16.1 Å². The third-order valence-corrected chi connectivity index (χ3v) is 3.49. The molecule has 0 bridgehead atoms. The second kappa shape index (κ2) is 5.58. The summed E-state index contributed by atoms with van der Waals surface area (Å²) in [5.41, 5.74) is 0.109. The monoisotopic (exact) mass is 374 g/mol. The zero-order valence-electron chi connectivity index (χ0n) is 9.02. The summed E-state index contributed by atoms with van der Waals surface area (Å²) < 4.78 is 12.2. The number of hydrogen-bond donors (Lipinski definition) is 1. The second-order valence-corrected chi connectivity index (χ2v) is 5.11.